The van der Waals surface area contributed by atoms with Crippen LogP contribution in [0.5, 0.6) is 5.75 Å². The van der Waals surface area contributed by atoms with E-state index in [-0.39, 0.29) is 0 Å². The molecule has 0 aliphatic heterocycles. The van der Waals surface area contributed by atoms with E-state index in [1.54, 1.807) is 0 Å². The number of unbranched alkanes of at least 4 members (excludes halogenated alkanes) is 4. The third kappa shape index (κ3) is 5.33. The van der Waals surface area contributed by atoms with Crippen LogP contribution >= 0.6 is 0 Å². The van der Waals surface area contributed by atoms with E-state index in [1.807, 2.05) is 6.20 Å². The Kier molecular flexibility index (Phi) is 8.67. The van der Waals surface area contributed by atoms with Crippen LogP contribution in [0.4, 0.5) is 0 Å². The predicted molar refractivity (Wildman–Crippen MR) is 112 cm³/mol. The van der Waals surface area contributed by atoms with Crippen LogP contribution in [0.15, 0.2) is 30.5 Å². The molecule has 0 unspecified atom stereocenters. The van der Waals surface area contributed by atoms with E-state index < -0.39 is 0 Å². The largest absolute Gasteiger partial charge is 0.493 e. The van der Waals surface area contributed by atoms with Gasteiger partial charge in [0.2, 0.25) is 0 Å². The normalized spacial score (nSPS) is 10.9. The minimum absolute atomic E-state index is 0.697. The second kappa shape index (κ2) is 11.0. The van der Waals surface area contributed by atoms with Crippen molar-refractivity contribution in [2.45, 2.75) is 79.1 Å². The zero-order chi connectivity index (χ0) is 18.8. The Morgan fingerprint density at radius 2 is 1.54 bits per heavy atom. The number of hydrogen-bond donors (Lipinski definition) is 0. The Bertz CT molecular complexity index is 656. The summed E-state index contributed by atoms with van der Waals surface area (Å²) in [4.78, 5) is 4.84. The molecule has 0 saturated heterocycles. The summed E-state index contributed by atoms with van der Waals surface area (Å²) < 4.78 is 5.98. The molecule has 0 N–H and O–H groups in total. The average molecular weight is 354 g/mol. The van der Waals surface area contributed by atoms with Crippen molar-refractivity contribution in [2.24, 2.45) is 0 Å². The summed E-state index contributed by atoms with van der Waals surface area (Å²) >= 11 is 0. The van der Waals surface area contributed by atoms with Gasteiger partial charge in [-0.05, 0) is 43.7 Å². The van der Waals surface area contributed by atoms with Crippen molar-refractivity contribution >= 4 is 0 Å². The van der Waals surface area contributed by atoms with Crippen molar-refractivity contribution in [1.29, 1.82) is 0 Å². The van der Waals surface area contributed by atoms with E-state index >= 15 is 0 Å². The molecule has 1 heterocycles. The molecule has 0 bridgehead atoms. The average Bonchev–Trinajstić information content (AvgIpc) is 2.68. The van der Waals surface area contributed by atoms with Crippen LogP contribution in [0.1, 0.15) is 76.5 Å². The molecule has 0 fully saturated rings. The van der Waals surface area contributed by atoms with Gasteiger partial charge in [0.05, 0.1) is 12.3 Å². The number of aromatic nitrogens is 1. The molecule has 0 atom stereocenters. The van der Waals surface area contributed by atoms with Crippen LogP contribution < -0.4 is 4.74 Å². The second-order valence-corrected chi connectivity index (χ2v) is 6.93. The topological polar surface area (TPSA) is 22.1 Å². The molecular weight excluding hydrogens is 318 g/mol. The molecule has 2 aromatic rings. The molecule has 0 saturated carbocycles. The first-order valence-corrected chi connectivity index (χ1v) is 10.5. The number of aryl methyl sites for hydroxylation is 3. The van der Waals surface area contributed by atoms with Gasteiger partial charge in [0.25, 0.3) is 0 Å². The molecule has 0 aliphatic rings. The molecule has 2 rings (SSSR count). The molecule has 0 aliphatic carbocycles. The lowest BCUT2D eigenvalue weighted by Crippen LogP contribution is -2.01. The quantitative estimate of drug-likeness (QED) is 0.415. The minimum atomic E-state index is 0.697. The summed E-state index contributed by atoms with van der Waals surface area (Å²) in [6, 6.07) is 8.77. The van der Waals surface area contributed by atoms with Gasteiger partial charge >= 0.3 is 0 Å². The highest BCUT2D eigenvalue weighted by atomic mass is 16.5. The number of benzene rings is 1. The van der Waals surface area contributed by atoms with Crippen molar-refractivity contribution in [3.63, 3.8) is 0 Å². The molecule has 142 valence electrons. The van der Waals surface area contributed by atoms with Gasteiger partial charge in [-0.1, -0.05) is 64.7 Å². The third-order valence-corrected chi connectivity index (χ3v) is 5.05. The van der Waals surface area contributed by atoms with Gasteiger partial charge in [-0.2, -0.15) is 0 Å². The van der Waals surface area contributed by atoms with Gasteiger partial charge in [-0.25, -0.2) is 0 Å². The number of pyridine rings is 1. The van der Waals surface area contributed by atoms with Gasteiger partial charge in [-0.3, -0.25) is 4.98 Å². The summed E-state index contributed by atoms with van der Waals surface area (Å²) in [5.74, 6) is 1.01. The summed E-state index contributed by atoms with van der Waals surface area (Å²) in [6.45, 7) is 9.44. The standard InChI is InChI=1S/C24H35NO/c1-5-9-10-11-12-14-21-18-25-22(17-23(21)26-8-4)24-19(6-2)15-13-16-20(24)7-3/h13,15-18H,5-12,14H2,1-4H3. The van der Waals surface area contributed by atoms with Crippen LogP contribution in [0, 0.1) is 0 Å². The first-order valence-electron chi connectivity index (χ1n) is 10.5. The molecule has 0 amide bonds. The van der Waals surface area contributed by atoms with E-state index in [2.05, 4.69) is 52.0 Å². The molecule has 1 aromatic carbocycles. The van der Waals surface area contributed by atoms with E-state index in [0.717, 1.165) is 30.7 Å². The zero-order valence-electron chi connectivity index (χ0n) is 17.1. The number of rotatable bonds is 11. The molecule has 0 spiro atoms. The van der Waals surface area contributed by atoms with E-state index in [4.69, 9.17) is 9.72 Å². The molecular formula is C24H35NO. The smallest absolute Gasteiger partial charge is 0.126 e. The molecule has 26 heavy (non-hydrogen) atoms. The van der Waals surface area contributed by atoms with Gasteiger partial charge in [0.15, 0.2) is 0 Å². The number of hydrogen-bond acceptors (Lipinski definition) is 2. The van der Waals surface area contributed by atoms with Crippen molar-refractivity contribution in [2.75, 3.05) is 6.61 Å². The van der Waals surface area contributed by atoms with Crippen molar-refractivity contribution < 1.29 is 4.74 Å². The number of ether oxygens (including phenoxy) is 1. The predicted octanol–water partition coefficient (Wildman–Crippen LogP) is 6.79. The third-order valence-electron chi connectivity index (χ3n) is 5.05. The maximum absolute atomic E-state index is 5.98. The Labute approximate surface area is 160 Å². The molecule has 0 radical (unpaired) electrons. The van der Waals surface area contributed by atoms with E-state index in [9.17, 15) is 0 Å². The Morgan fingerprint density at radius 3 is 2.15 bits per heavy atom. The lowest BCUT2D eigenvalue weighted by Gasteiger charge is -2.16. The fraction of sp³-hybridized carbons (Fsp3) is 0.542. The molecule has 2 heteroatoms. The van der Waals surface area contributed by atoms with Gasteiger partial charge in [0, 0.05) is 23.4 Å². The minimum Gasteiger partial charge on any atom is -0.493 e. The molecule has 2 nitrogen and oxygen atoms in total. The van der Waals surface area contributed by atoms with E-state index in [1.165, 1.54) is 54.4 Å². The van der Waals surface area contributed by atoms with Crippen LogP contribution in [0.2, 0.25) is 0 Å². The summed E-state index contributed by atoms with van der Waals surface area (Å²) in [7, 11) is 0. The zero-order valence-corrected chi connectivity index (χ0v) is 17.1. The second-order valence-electron chi connectivity index (χ2n) is 6.93. The fourth-order valence-electron chi connectivity index (χ4n) is 3.57. The summed E-state index contributed by atoms with van der Waals surface area (Å²) in [5.41, 5.74) is 6.34. The highest BCUT2D eigenvalue weighted by molar-refractivity contribution is 5.69. The summed E-state index contributed by atoms with van der Waals surface area (Å²) in [5, 5.41) is 0. The van der Waals surface area contributed by atoms with Crippen molar-refractivity contribution in [3.8, 4) is 17.0 Å². The lowest BCUT2D eigenvalue weighted by atomic mass is 9.94. The van der Waals surface area contributed by atoms with Crippen LogP contribution in [-0.4, -0.2) is 11.6 Å². The maximum Gasteiger partial charge on any atom is 0.126 e. The highest BCUT2D eigenvalue weighted by Crippen LogP contribution is 2.32. The van der Waals surface area contributed by atoms with Crippen LogP contribution in [0.25, 0.3) is 11.3 Å². The van der Waals surface area contributed by atoms with E-state index in [0.29, 0.717) is 6.61 Å². The highest BCUT2D eigenvalue weighted by Gasteiger charge is 2.13. The molecule has 1 aromatic heterocycles. The first-order chi connectivity index (χ1) is 12.7. The van der Waals surface area contributed by atoms with Crippen LogP contribution in [-0.2, 0) is 19.3 Å². The summed E-state index contributed by atoms with van der Waals surface area (Å²) in [6.07, 6.45) is 11.6. The Balaban J connectivity index is 2.28. The monoisotopic (exact) mass is 353 g/mol. The SMILES string of the molecule is CCCCCCCc1cnc(-c2c(CC)cccc2CC)cc1OCC. The first kappa shape index (κ1) is 20.5. The maximum atomic E-state index is 5.98. The Morgan fingerprint density at radius 1 is 0.846 bits per heavy atom. The van der Waals surface area contributed by atoms with Gasteiger partial charge in [-0.15, -0.1) is 0 Å². The van der Waals surface area contributed by atoms with Gasteiger partial charge < -0.3 is 4.74 Å². The van der Waals surface area contributed by atoms with Crippen molar-refractivity contribution in [1.82, 2.24) is 4.98 Å². The number of nitrogens with zero attached hydrogens (tertiary/aromatic N) is 1. The Hall–Kier alpha value is -1.83. The van der Waals surface area contributed by atoms with Gasteiger partial charge in [0.1, 0.15) is 5.75 Å². The fourth-order valence-corrected chi connectivity index (χ4v) is 3.57. The lowest BCUT2D eigenvalue weighted by molar-refractivity contribution is 0.335. The van der Waals surface area contributed by atoms with Crippen LogP contribution in [0.3, 0.4) is 0 Å². The van der Waals surface area contributed by atoms with Crippen molar-refractivity contribution in [3.05, 3.63) is 47.2 Å².